The molecule has 2 aromatic heterocycles. The highest BCUT2D eigenvalue weighted by Crippen LogP contribution is 2.15. The molecular formula is C22H29IN6. The minimum absolute atomic E-state index is 0. The van der Waals surface area contributed by atoms with E-state index >= 15 is 0 Å². The number of halogens is 1. The van der Waals surface area contributed by atoms with Crippen LogP contribution in [0.3, 0.4) is 0 Å². The van der Waals surface area contributed by atoms with Crippen molar-refractivity contribution < 1.29 is 0 Å². The molecule has 2 N–H and O–H groups in total. The third kappa shape index (κ3) is 6.85. The van der Waals surface area contributed by atoms with Gasteiger partial charge in [0, 0.05) is 31.7 Å². The summed E-state index contributed by atoms with van der Waals surface area (Å²) in [7, 11) is 0. The number of aromatic nitrogens is 3. The lowest BCUT2D eigenvalue weighted by atomic mass is 9.99. The number of hydrogen-bond acceptors (Lipinski definition) is 3. The molecule has 0 radical (unpaired) electrons. The highest BCUT2D eigenvalue weighted by Gasteiger charge is 2.07. The third-order valence-corrected chi connectivity index (χ3v) is 4.50. The maximum Gasteiger partial charge on any atom is 0.191 e. The van der Waals surface area contributed by atoms with Gasteiger partial charge in [-0.1, -0.05) is 36.8 Å². The van der Waals surface area contributed by atoms with E-state index in [9.17, 15) is 0 Å². The molecule has 0 aliphatic rings. The summed E-state index contributed by atoms with van der Waals surface area (Å²) in [4.78, 5) is 9.09. The van der Waals surface area contributed by atoms with Crippen LogP contribution in [0.15, 0.2) is 66.0 Å². The molecule has 0 amide bonds. The number of rotatable bonds is 7. The predicted molar refractivity (Wildman–Crippen MR) is 129 cm³/mol. The lowest BCUT2D eigenvalue weighted by Gasteiger charge is -2.16. The average molecular weight is 504 g/mol. The van der Waals surface area contributed by atoms with Crippen molar-refractivity contribution in [2.75, 3.05) is 13.1 Å². The fourth-order valence-electron chi connectivity index (χ4n) is 2.94. The molecule has 0 spiro atoms. The van der Waals surface area contributed by atoms with Gasteiger partial charge < -0.3 is 10.6 Å². The lowest BCUT2D eigenvalue weighted by Crippen LogP contribution is -2.39. The SMILES string of the molecule is CCNC(=NCc1ccnc(-n2cccn2)c1)NCC(C)c1cccc(C)c1.I. The van der Waals surface area contributed by atoms with Crippen molar-refractivity contribution in [1.82, 2.24) is 25.4 Å². The Balaban J connectivity index is 0.00000300. The Morgan fingerprint density at radius 3 is 2.72 bits per heavy atom. The van der Waals surface area contributed by atoms with Crippen LogP contribution in [0.5, 0.6) is 0 Å². The zero-order valence-corrected chi connectivity index (χ0v) is 19.5. The third-order valence-electron chi connectivity index (χ3n) is 4.50. The highest BCUT2D eigenvalue weighted by molar-refractivity contribution is 14.0. The lowest BCUT2D eigenvalue weighted by molar-refractivity contribution is 0.699. The van der Waals surface area contributed by atoms with E-state index in [0.717, 1.165) is 30.4 Å². The maximum absolute atomic E-state index is 4.73. The van der Waals surface area contributed by atoms with Crippen LogP contribution in [0.1, 0.15) is 36.5 Å². The van der Waals surface area contributed by atoms with Crippen LogP contribution in [-0.2, 0) is 6.54 Å². The van der Waals surface area contributed by atoms with Crippen molar-refractivity contribution in [3.05, 3.63) is 77.7 Å². The number of nitrogens with zero attached hydrogens (tertiary/aromatic N) is 4. The van der Waals surface area contributed by atoms with E-state index in [0.29, 0.717) is 12.5 Å². The topological polar surface area (TPSA) is 67.1 Å². The molecule has 1 unspecified atom stereocenters. The number of benzene rings is 1. The molecule has 0 aliphatic carbocycles. The fourth-order valence-corrected chi connectivity index (χ4v) is 2.94. The first-order valence-electron chi connectivity index (χ1n) is 9.69. The van der Waals surface area contributed by atoms with Crippen LogP contribution in [0.2, 0.25) is 0 Å². The summed E-state index contributed by atoms with van der Waals surface area (Å²) in [5, 5.41) is 11.0. The Bertz CT molecular complexity index is 907. The van der Waals surface area contributed by atoms with Gasteiger partial charge in [0.15, 0.2) is 11.8 Å². The first-order chi connectivity index (χ1) is 13.7. The van der Waals surface area contributed by atoms with E-state index in [1.54, 1.807) is 17.1 Å². The van der Waals surface area contributed by atoms with Crippen molar-refractivity contribution in [2.24, 2.45) is 4.99 Å². The minimum atomic E-state index is 0. The molecule has 154 valence electrons. The summed E-state index contributed by atoms with van der Waals surface area (Å²) in [6.07, 6.45) is 5.42. The summed E-state index contributed by atoms with van der Waals surface area (Å²) in [5.41, 5.74) is 3.71. The van der Waals surface area contributed by atoms with Gasteiger partial charge in [0.05, 0.1) is 6.54 Å². The van der Waals surface area contributed by atoms with Gasteiger partial charge in [-0.15, -0.1) is 24.0 Å². The number of pyridine rings is 1. The molecule has 3 aromatic rings. The van der Waals surface area contributed by atoms with Crippen LogP contribution >= 0.6 is 24.0 Å². The number of hydrogen-bond donors (Lipinski definition) is 2. The van der Waals surface area contributed by atoms with E-state index in [-0.39, 0.29) is 24.0 Å². The van der Waals surface area contributed by atoms with E-state index in [4.69, 9.17) is 4.99 Å². The van der Waals surface area contributed by atoms with Gasteiger partial charge in [-0.05, 0) is 49.1 Å². The Morgan fingerprint density at radius 1 is 1.14 bits per heavy atom. The van der Waals surface area contributed by atoms with Crippen LogP contribution < -0.4 is 10.6 Å². The van der Waals surface area contributed by atoms with Crippen LogP contribution in [0.25, 0.3) is 5.82 Å². The smallest absolute Gasteiger partial charge is 0.191 e. The molecule has 3 rings (SSSR count). The van der Waals surface area contributed by atoms with E-state index in [1.165, 1.54) is 11.1 Å². The van der Waals surface area contributed by atoms with E-state index < -0.39 is 0 Å². The van der Waals surface area contributed by atoms with Crippen molar-refractivity contribution in [3.63, 3.8) is 0 Å². The molecule has 2 heterocycles. The van der Waals surface area contributed by atoms with Gasteiger partial charge in [0.2, 0.25) is 0 Å². The molecule has 0 saturated carbocycles. The monoisotopic (exact) mass is 504 g/mol. The van der Waals surface area contributed by atoms with E-state index in [2.05, 4.69) is 65.8 Å². The Labute approximate surface area is 189 Å². The summed E-state index contributed by atoms with van der Waals surface area (Å²) in [5.74, 6) is 2.01. The molecule has 0 fully saturated rings. The second-order valence-corrected chi connectivity index (χ2v) is 6.86. The standard InChI is InChI=1S/C22H28N6.HI/c1-4-23-22(25-15-18(3)20-8-5-7-17(2)13-20)26-16-19-9-11-24-21(14-19)28-12-6-10-27-28;/h5-14,18H,4,15-16H2,1-3H3,(H2,23,25,26);1H. The largest absolute Gasteiger partial charge is 0.357 e. The summed E-state index contributed by atoms with van der Waals surface area (Å²) in [6, 6.07) is 14.5. The molecule has 0 bridgehead atoms. The number of aryl methyl sites for hydroxylation is 1. The normalized spacial score (nSPS) is 12.2. The molecule has 0 saturated heterocycles. The quantitative estimate of drug-likeness (QED) is 0.290. The van der Waals surface area contributed by atoms with Crippen molar-refractivity contribution >= 4 is 29.9 Å². The maximum atomic E-state index is 4.73. The second kappa shape index (κ2) is 11.5. The summed E-state index contributed by atoms with van der Waals surface area (Å²) in [6.45, 7) is 8.64. The van der Waals surface area contributed by atoms with Crippen molar-refractivity contribution in [2.45, 2.75) is 33.2 Å². The molecule has 6 nitrogen and oxygen atoms in total. The Morgan fingerprint density at radius 2 is 2.00 bits per heavy atom. The van der Waals surface area contributed by atoms with Crippen LogP contribution in [-0.4, -0.2) is 33.8 Å². The van der Waals surface area contributed by atoms with E-state index in [1.807, 2.05) is 24.4 Å². The Hall–Kier alpha value is -2.42. The predicted octanol–water partition coefficient (Wildman–Crippen LogP) is 4.05. The summed E-state index contributed by atoms with van der Waals surface area (Å²) >= 11 is 0. The van der Waals surface area contributed by atoms with Gasteiger partial charge in [0.25, 0.3) is 0 Å². The first-order valence-corrected chi connectivity index (χ1v) is 9.69. The zero-order valence-electron chi connectivity index (χ0n) is 17.2. The van der Waals surface area contributed by atoms with Gasteiger partial charge >= 0.3 is 0 Å². The molecule has 7 heteroatoms. The van der Waals surface area contributed by atoms with Crippen LogP contribution in [0, 0.1) is 6.92 Å². The van der Waals surface area contributed by atoms with Crippen LogP contribution in [0.4, 0.5) is 0 Å². The van der Waals surface area contributed by atoms with Crippen molar-refractivity contribution in [3.8, 4) is 5.82 Å². The van der Waals surface area contributed by atoms with Gasteiger partial charge in [-0.2, -0.15) is 5.10 Å². The molecular weight excluding hydrogens is 475 g/mol. The molecule has 0 aliphatic heterocycles. The fraction of sp³-hybridized carbons (Fsp3) is 0.318. The van der Waals surface area contributed by atoms with Gasteiger partial charge in [-0.25, -0.2) is 14.7 Å². The second-order valence-electron chi connectivity index (χ2n) is 6.86. The van der Waals surface area contributed by atoms with Crippen molar-refractivity contribution in [1.29, 1.82) is 0 Å². The number of guanidine groups is 1. The molecule has 1 aromatic carbocycles. The summed E-state index contributed by atoms with van der Waals surface area (Å²) < 4.78 is 1.75. The molecule has 1 atom stereocenters. The number of aliphatic imine (C=N–C) groups is 1. The Kier molecular flexibility index (Phi) is 9.11. The zero-order chi connectivity index (χ0) is 19.8. The highest BCUT2D eigenvalue weighted by atomic mass is 127. The average Bonchev–Trinajstić information content (AvgIpc) is 3.25. The first kappa shape index (κ1) is 22.9. The van der Waals surface area contributed by atoms with Gasteiger partial charge in [0.1, 0.15) is 0 Å². The molecule has 29 heavy (non-hydrogen) atoms. The minimum Gasteiger partial charge on any atom is -0.357 e. The number of nitrogens with one attached hydrogen (secondary N) is 2. The van der Waals surface area contributed by atoms with Gasteiger partial charge in [-0.3, -0.25) is 0 Å².